The minimum absolute atomic E-state index is 0.0672. The number of carbonyl (C=O) groups is 1. The number of carbonyl (C=O) groups excluding carboxylic acids is 1. The first-order valence-corrected chi connectivity index (χ1v) is 6.40. The number of hydrogen-bond acceptors (Lipinski definition) is 6. The molecule has 1 aromatic heterocycles. The number of anilines is 2. The molecule has 0 unspecified atom stereocenters. The van der Waals surface area contributed by atoms with Crippen molar-refractivity contribution in [3.05, 3.63) is 57.8 Å². The van der Waals surface area contributed by atoms with Crippen LogP contribution < -0.4 is 5.32 Å². The lowest BCUT2D eigenvalue weighted by atomic mass is 10.2. The lowest BCUT2D eigenvalue weighted by Crippen LogP contribution is -2.09. The largest absolute Gasteiger partial charge is 0.464 e. The number of benzene rings is 1. The third-order valence-electron chi connectivity index (χ3n) is 2.92. The summed E-state index contributed by atoms with van der Waals surface area (Å²) in [7, 11) is 1.10. The van der Waals surface area contributed by atoms with Gasteiger partial charge in [-0.3, -0.25) is 10.1 Å². The fraction of sp³-hybridized carbons (Fsp3) is 0.143. The molecule has 0 aliphatic carbocycles. The van der Waals surface area contributed by atoms with E-state index in [0.717, 1.165) is 37.4 Å². The second kappa shape index (κ2) is 6.52. The molecule has 1 N–H and O–H groups in total. The Kier molecular flexibility index (Phi) is 4.67. The van der Waals surface area contributed by atoms with Crippen molar-refractivity contribution < 1.29 is 27.6 Å². The van der Waals surface area contributed by atoms with Gasteiger partial charge in [-0.15, -0.1) is 0 Å². The van der Waals surface area contributed by atoms with Gasteiger partial charge in [-0.05, 0) is 24.3 Å². The first kappa shape index (κ1) is 17.2. The van der Waals surface area contributed by atoms with Gasteiger partial charge in [0, 0.05) is 11.8 Å². The standard InChI is InChI=1S/C14H10F3N3O4/c1-24-13(21)10-5-6-11(20(22)23)12(19-10)18-9-4-2-3-8(7-9)14(15,16)17/h2-7H,1H3,(H,18,19). The molecule has 2 rings (SSSR count). The Morgan fingerprint density at radius 1 is 1.29 bits per heavy atom. The number of rotatable bonds is 4. The number of halogens is 3. The quantitative estimate of drug-likeness (QED) is 0.519. The summed E-state index contributed by atoms with van der Waals surface area (Å²) in [5, 5.41) is 13.4. The molecule has 0 amide bonds. The van der Waals surface area contributed by atoms with Crippen LogP contribution in [0.4, 0.5) is 30.4 Å². The van der Waals surface area contributed by atoms with Crippen LogP contribution in [0.15, 0.2) is 36.4 Å². The van der Waals surface area contributed by atoms with Crippen molar-refractivity contribution in [1.29, 1.82) is 0 Å². The maximum absolute atomic E-state index is 12.7. The molecule has 126 valence electrons. The van der Waals surface area contributed by atoms with Crippen LogP contribution in [-0.4, -0.2) is 23.0 Å². The highest BCUT2D eigenvalue weighted by Crippen LogP contribution is 2.32. The van der Waals surface area contributed by atoms with E-state index in [1.807, 2.05) is 0 Å². The highest BCUT2D eigenvalue weighted by Gasteiger charge is 2.30. The van der Waals surface area contributed by atoms with Crippen molar-refractivity contribution in [2.75, 3.05) is 12.4 Å². The molecule has 0 bridgehead atoms. The van der Waals surface area contributed by atoms with Gasteiger partial charge < -0.3 is 10.1 Å². The van der Waals surface area contributed by atoms with Gasteiger partial charge in [0.15, 0.2) is 5.69 Å². The summed E-state index contributed by atoms with van der Waals surface area (Å²) in [6.45, 7) is 0. The minimum atomic E-state index is -4.56. The summed E-state index contributed by atoms with van der Waals surface area (Å²) in [5.41, 5.74) is -1.72. The minimum Gasteiger partial charge on any atom is -0.464 e. The zero-order valence-corrected chi connectivity index (χ0v) is 12.1. The van der Waals surface area contributed by atoms with Crippen LogP contribution in [-0.2, 0) is 10.9 Å². The first-order chi connectivity index (χ1) is 11.2. The molecule has 0 radical (unpaired) electrons. The normalized spacial score (nSPS) is 11.0. The van der Waals surface area contributed by atoms with Gasteiger partial charge in [0.1, 0.15) is 0 Å². The van der Waals surface area contributed by atoms with Crippen molar-refractivity contribution in [1.82, 2.24) is 4.98 Å². The average molecular weight is 341 g/mol. The van der Waals surface area contributed by atoms with Crippen LogP contribution in [0, 0.1) is 10.1 Å². The van der Waals surface area contributed by atoms with Crippen LogP contribution in [0.25, 0.3) is 0 Å². The molecular weight excluding hydrogens is 331 g/mol. The van der Waals surface area contributed by atoms with Gasteiger partial charge in [0.05, 0.1) is 17.6 Å². The van der Waals surface area contributed by atoms with E-state index in [-0.39, 0.29) is 17.2 Å². The number of nitrogens with zero attached hydrogens (tertiary/aromatic N) is 2. The maximum Gasteiger partial charge on any atom is 0.416 e. The zero-order valence-electron chi connectivity index (χ0n) is 12.1. The predicted octanol–water partition coefficient (Wildman–Crippen LogP) is 3.54. The molecule has 10 heteroatoms. The Balaban J connectivity index is 2.44. The molecule has 0 aliphatic rings. The summed E-state index contributed by atoms with van der Waals surface area (Å²) >= 11 is 0. The summed E-state index contributed by atoms with van der Waals surface area (Å²) < 4.78 is 42.6. The van der Waals surface area contributed by atoms with Crippen LogP contribution in [0.2, 0.25) is 0 Å². The molecule has 0 saturated carbocycles. The van der Waals surface area contributed by atoms with E-state index in [9.17, 15) is 28.1 Å². The van der Waals surface area contributed by atoms with Gasteiger partial charge in [-0.2, -0.15) is 13.2 Å². The molecule has 0 aliphatic heterocycles. The van der Waals surface area contributed by atoms with E-state index in [4.69, 9.17) is 0 Å². The van der Waals surface area contributed by atoms with Crippen LogP contribution in [0.1, 0.15) is 16.1 Å². The monoisotopic (exact) mass is 341 g/mol. The molecule has 24 heavy (non-hydrogen) atoms. The first-order valence-electron chi connectivity index (χ1n) is 6.40. The Bertz CT molecular complexity index is 793. The zero-order chi connectivity index (χ0) is 17.9. The number of hydrogen-bond donors (Lipinski definition) is 1. The number of nitro groups is 1. The molecule has 0 fully saturated rings. The van der Waals surface area contributed by atoms with Gasteiger partial charge in [0.25, 0.3) is 0 Å². The van der Waals surface area contributed by atoms with E-state index in [1.54, 1.807) is 0 Å². The Labute approximate surface area is 133 Å². The highest BCUT2D eigenvalue weighted by atomic mass is 19.4. The Morgan fingerprint density at radius 3 is 2.58 bits per heavy atom. The fourth-order valence-corrected chi connectivity index (χ4v) is 1.82. The molecule has 0 atom stereocenters. The molecule has 1 aromatic carbocycles. The fourth-order valence-electron chi connectivity index (χ4n) is 1.82. The SMILES string of the molecule is COC(=O)c1ccc([N+](=O)[O-])c(Nc2cccc(C(F)(F)F)c2)n1. The molecule has 1 heterocycles. The number of aromatic nitrogens is 1. The lowest BCUT2D eigenvalue weighted by molar-refractivity contribution is -0.384. The number of pyridine rings is 1. The van der Waals surface area contributed by atoms with Gasteiger partial charge in [-0.1, -0.05) is 6.07 Å². The second-order valence-electron chi connectivity index (χ2n) is 4.52. The number of ether oxygens (including phenoxy) is 1. The number of esters is 1. The van der Waals surface area contributed by atoms with E-state index in [0.29, 0.717) is 0 Å². The van der Waals surface area contributed by atoms with Gasteiger partial charge in [-0.25, -0.2) is 9.78 Å². The summed E-state index contributed by atoms with van der Waals surface area (Å²) in [4.78, 5) is 25.4. The van der Waals surface area contributed by atoms with E-state index < -0.39 is 28.3 Å². The summed E-state index contributed by atoms with van der Waals surface area (Å²) in [6, 6.07) is 6.15. The highest BCUT2D eigenvalue weighted by molar-refractivity contribution is 5.88. The Morgan fingerprint density at radius 2 is 2.00 bits per heavy atom. The molecule has 2 aromatic rings. The maximum atomic E-state index is 12.7. The second-order valence-corrected chi connectivity index (χ2v) is 4.52. The number of alkyl halides is 3. The lowest BCUT2D eigenvalue weighted by Gasteiger charge is -2.11. The topological polar surface area (TPSA) is 94.4 Å². The predicted molar refractivity (Wildman–Crippen MR) is 77.0 cm³/mol. The number of nitrogens with one attached hydrogen (secondary N) is 1. The van der Waals surface area contributed by atoms with Crippen LogP contribution in [0.5, 0.6) is 0 Å². The van der Waals surface area contributed by atoms with Crippen molar-refractivity contribution in [3.63, 3.8) is 0 Å². The molecular formula is C14H10F3N3O4. The third-order valence-corrected chi connectivity index (χ3v) is 2.92. The van der Waals surface area contributed by atoms with Crippen molar-refractivity contribution in [2.45, 2.75) is 6.18 Å². The van der Waals surface area contributed by atoms with Gasteiger partial charge in [0.2, 0.25) is 5.82 Å². The number of methoxy groups -OCH3 is 1. The summed E-state index contributed by atoms with van der Waals surface area (Å²) in [5.74, 6) is -1.21. The van der Waals surface area contributed by atoms with Gasteiger partial charge >= 0.3 is 17.8 Å². The van der Waals surface area contributed by atoms with E-state index in [1.165, 1.54) is 6.07 Å². The van der Waals surface area contributed by atoms with E-state index >= 15 is 0 Å². The van der Waals surface area contributed by atoms with Crippen molar-refractivity contribution in [2.24, 2.45) is 0 Å². The smallest absolute Gasteiger partial charge is 0.416 e. The van der Waals surface area contributed by atoms with E-state index in [2.05, 4.69) is 15.0 Å². The molecule has 0 spiro atoms. The molecule has 0 saturated heterocycles. The average Bonchev–Trinajstić information content (AvgIpc) is 2.53. The molecule has 7 nitrogen and oxygen atoms in total. The van der Waals surface area contributed by atoms with Crippen LogP contribution >= 0.6 is 0 Å². The van der Waals surface area contributed by atoms with Crippen LogP contribution in [0.3, 0.4) is 0 Å². The van der Waals surface area contributed by atoms with Crippen molar-refractivity contribution >= 4 is 23.2 Å². The Hall–Kier alpha value is -3.17. The van der Waals surface area contributed by atoms with Crippen molar-refractivity contribution in [3.8, 4) is 0 Å². The summed E-state index contributed by atoms with van der Waals surface area (Å²) in [6.07, 6.45) is -4.56. The third kappa shape index (κ3) is 3.77.